The summed E-state index contributed by atoms with van der Waals surface area (Å²) < 4.78 is 26.8. The smallest absolute Gasteiger partial charge is 0.128 e. The lowest BCUT2D eigenvalue weighted by molar-refractivity contribution is 0.577. The third-order valence-corrected chi connectivity index (χ3v) is 3.01. The van der Waals surface area contributed by atoms with Gasteiger partial charge in [0.25, 0.3) is 0 Å². The summed E-state index contributed by atoms with van der Waals surface area (Å²) in [6.45, 7) is 1.78. The molecule has 20 heavy (non-hydrogen) atoms. The standard InChI is InChI=1S/C15H17F2N3/c1-10(13-8-11(16)4-6-14(13)17)19-12-5-7-15(18-9-12)20(2)3/h4-10,19H,1-3H3. The van der Waals surface area contributed by atoms with E-state index in [0.717, 1.165) is 23.6 Å². The van der Waals surface area contributed by atoms with E-state index in [1.165, 1.54) is 6.07 Å². The highest BCUT2D eigenvalue weighted by molar-refractivity contribution is 5.49. The van der Waals surface area contributed by atoms with Crippen molar-refractivity contribution in [3.05, 3.63) is 53.7 Å². The zero-order valence-corrected chi connectivity index (χ0v) is 11.7. The van der Waals surface area contributed by atoms with E-state index in [-0.39, 0.29) is 6.04 Å². The maximum atomic E-state index is 13.7. The first kappa shape index (κ1) is 14.2. The molecule has 1 aromatic heterocycles. The van der Waals surface area contributed by atoms with Crippen LogP contribution in [0.25, 0.3) is 0 Å². The van der Waals surface area contributed by atoms with Gasteiger partial charge < -0.3 is 10.2 Å². The first-order valence-corrected chi connectivity index (χ1v) is 6.32. The Morgan fingerprint density at radius 2 is 1.90 bits per heavy atom. The Hall–Kier alpha value is -2.17. The van der Waals surface area contributed by atoms with E-state index in [9.17, 15) is 8.78 Å². The molecule has 2 rings (SSSR count). The number of halogens is 2. The molecule has 1 unspecified atom stereocenters. The first-order chi connectivity index (χ1) is 9.47. The van der Waals surface area contributed by atoms with Crippen LogP contribution in [0.15, 0.2) is 36.5 Å². The van der Waals surface area contributed by atoms with Gasteiger partial charge >= 0.3 is 0 Å². The van der Waals surface area contributed by atoms with Crippen molar-refractivity contribution in [2.75, 3.05) is 24.3 Å². The van der Waals surface area contributed by atoms with Gasteiger partial charge in [0.05, 0.1) is 17.9 Å². The lowest BCUT2D eigenvalue weighted by Crippen LogP contribution is -2.12. The minimum absolute atomic E-state index is 0.293. The SMILES string of the molecule is CC(Nc1ccc(N(C)C)nc1)c1cc(F)ccc1F. The summed E-state index contributed by atoms with van der Waals surface area (Å²) in [4.78, 5) is 6.15. The van der Waals surface area contributed by atoms with E-state index in [1.54, 1.807) is 13.1 Å². The molecule has 1 heterocycles. The third-order valence-electron chi connectivity index (χ3n) is 3.01. The summed E-state index contributed by atoms with van der Waals surface area (Å²) in [6, 6.07) is 6.81. The average molecular weight is 277 g/mol. The largest absolute Gasteiger partial charge is 0.377 e. The van der Waals surface area contributed by atoms with Gasteiger partial charge in [0.2, 0.25) is 0 Å². The van der Waals surface area contributed by atoms with Gasteiger partial charge in [0.1, 0.15) is 17.5 Å². The predicted octanol–water partition coefficient (Wildman–Crippen LogP) is 3.60. The molecule has 2 aromatic rings. The Bertz CT molecular complexity index is 582. The highest BCUT2D eigenvalue weighted by atomic mass is 19.1. The number of nitrogens with one attached hydrogen (secondary N) is 1. The van der Waals surface area contributed by atoms with Gasteiger partial charge in [-0.05, 0) is 37.3 Å². The molecule has 0 aliphatic carbocycles. The van der Waals surface area contributed by atoms with E-state index in [0.29, 0.717) is 5.56 Å². The summed E-state index contributed by atoms with van der Waals surface area (Å²) in [5.74, 6) is -0.0412. The van der Waals surface area contributed by atoms with Crippen LogP contribution in [0.3, 0.4) is 0 Å². The normalized spacial score (nSPS) is 12.1. The zero-order chi connectivity index (χ0) is 14.7. The van der Waals surface area contributed by atoms with Crippen LogP contribution in [0.2, 0.25) is 0 Å². The van der Waals surface area contributed by atoms with Gasteiger partial charge in [-0.25, -0.2) is 13.8 Å². The second kappa shape index (κ2) is 5.86. The number of hydrogen-bond acceptors (Lipinski definition) is 3. The Balaban J connectivity index is 2.14. The lowest BCUT2D eigenvalue weighted by Gasteiger charge is -2.17. The van der Waals surface area contributed by atoms with E-state index in [2.05, 4.69) is 10.3 Å². The number of pyridine rings is 1. The minimum atomic E-state index is -0.448. The second-order valence-electron chi connectivity index (χ2n) is 4.83. The highest BCUT2D eigenvalue weighted by Gasteiger charge is 2.12. The molecular formula is C15H17F2N3. The van der Waals surface area contributed by atoms with Crippen LogP contribution in [0.4, 0.5) is 20.3 Å². The van der Waals surface area contributed by atoms with Crippen LogP contribution in [0.1, 0.15) is 18.5 Å². The molecular weight excluding hydrogens is 260 g/mol. The topological polar surface area (TPSA) is 28.2 Å². The third kappa shape index (κ3) is 3.23. The zero-order valence-electron chi connectivity index (χ0n) is 11.7. The van der Waals surface area contributed by atoms with E-state index >= 15 is 0 Å². The summed E-state index contributed by atoms with van der Waals surface area (Å²) in [6.07, 6.45) is 1.67. The monoisotopic (exact) mass is 277 g/mol. The van der Waals surface area contributed by atoms with Crippen LogP contribution >= 0.6 is 0 Å². The fourth-order valence-electron chi connectivity index (χ4n) is 1.91. The second-order valence-corrected chi connectivity index (χ2v) is 4.83. The van der Waals surface area contributed by atoms with E-state index < -0.39 is 11.6 Å². The van der Waals surface area contributed by atoms with Gasteiger partial charge in [0, 0.05) is 19.7 Å². The molecule has 1 aromatic carbocycles. The van der Waals surface area contributed by atoms with Crippen molar-refractivity contribution in [1.82, 2.24) is 4.98 Å². The van der Waals surface area contributed by atoms with Gasteiger partial charge in [-0.3, -0.25) is 0 Å². The molecule has 0 fully saturated rings. The molecule has 0 aliphatic rings. The predicted molar refractivity (Wildman–Crippen MR) is 77.0 cm³/mol. The highest BCUT2D eigenvalue weighted by Crippen LogP contribution is 2.23. The molecule has 0 amide bonds. The van der Waals surface area contributed by atoms with Crippen molar-refractivity contribution in [1.29, 1.82) is 0 Å². The van der Waals surface area contributed by atoms with Crippen molar-refractivity contribution < 1.29 is 8.78 Å². The average Bonchev–Trinajstić information content (AvgIpc) is 2.42. The Morgan fingerprint density at radius 3 is 2.50 bits per heavy atom. The number of hydrogen-bond donors (Lipinski definition) is 1. The quantitative estimate of drug-likeness (QED) is 0.925. The van der Waals surface area contributed by atoms with Crippen molar-refractivity contribution >= 4 is 11.5 Å². The van der Waals surface area contributed by atoms with Gasteiger partial charge in [-0.1, -0.05) is 0 Å². The number of nitrogens with zero attached hydrogens (tertiary/aromatic N) is 2. The lowest BCUT2D eigenvalue weighted by atomic mass is 10.1. The number of benzene rings is 1. The molecule has 1 N–H and O–H groups in total. The van der Waals surface area contributed by atoms with Gasteiger partial charge in [-0.2, -0.15) is 0 Å². The molecule has 0 bridgehead atoms. The van der Waals surface area contributed by atoms with Gasteiger partial charge in [0.15, 0.2) is 0 Å². The van der Waals surface area contributed by atoms with Crippen molar-refractivity contribution in [2.24, 2.45) is 0 Å². The molecule has 0 aliphatic heterocycles. The molecule has 3 nitrogen and oxygen atoms in total. The Labute approximate surface area is 117 Å². The molecule has 0 saturated carbocycles. The fourth-order valence-corrected chi connectivity index (χ4v) is 1.91. The van der Waals surface area contributed by atoms with Crippen molar-refractivity contribution in [2.45, 2.75) is 13.0 Å². The molecule has 0 spiro atoms. The van der Waals surface area contributed by atoms with E-state index in [4.69, 9.17) is 0 Å². The summed E-state index contributed by atoms with van der Waals surface area (Å²) in [5.41, 5.74) is 1.05. The van der Waals surface area contributed by atoms with Crippen LogP contribution in [-0.2, 0) is 0 Å². The molecule has 0 radical (unpaired) electrons. The Kier molecular flexibility index (Phi) is 4.17. The van der Waals surface area contributed by atoms with Crippen molar-refractivity contribution in [3.8, 4) is 0 Å². The van der Waals surface area contributed by atoms with Crippen LogP contribution < -0.4 is 10.2 Å². The first-order valence-electron chi connectivity index (χ1n) is 6.32. The number of rotatable bonds is 4. The summed E-state index contributed by atoms with van der Waals surface area (Å²) >= 11 is 0. The van der Waals surface area contributed by atoms with Crippen LogP contribution in [-0.4, -0.2) is 19.1 Å². The molecule has 5 heteroatoms. The minimum Gasteiger partial charge on any atom is -0.377 e. The fraction of sp³-hybridized carbons (Fsp3) is 0.267. The Morgan fingerprint density at radius 1 is 1.15 bits per heavy atom. The summed E-state index contributed by atoms with van der Waals surface area (Å²) in [5, 5.41) is 3.10. The maximum absolute atomic E-state index is 13.7. The van der Waals surface area contributed by atoms with Crippen LogP contribution in [0, 0.1) is 11.6 Å². The van der Waals surface area contributed by atoms with Crippen LogP contribution in [0.5, 0.6) is 0 Å². The maximum Gasteiger partial charge on any atom is 0.128 e. The number of aromatic nitrogens is 1. The molecule has 1 atom stereocenters. The summed E-state index contributed by atoms with van der Waals surface area (Å²) in [7, 11) is 3.81. The van der Waals surface area contributed by atoms with Crippen molar-refractivity contribution in [3.63, 3.8) is 0 Å². The molecule has 106 valence electrons. The van der Waals surface area contributed by atoms with E-state index in [1.807, 2.05) is 31.1 Å². The molecule has 0 saturated heterocycles. The number of anilines is 2. The van der Waals surface area contributed by atoms with Gasteiger partial charge in [-0.15, -0.1) is 0 Å².